The Balaban J connectivity index is 1.66. The van der Waals surface area contributed by atoms with Crippen LogP contribution in [0.2, 0.25) is 0 Å². The van der Waals surface area contributed by atoms with Crippen molar-refractivity contribution in [1.82, 2.24) is 9.80 Å². The van der Waals surface area contributed by atoms with E-state index in [0.29, 0.717) is 39.0 Å². The molecule has 2 aliphatic heterocycles. The molecular formula is C17H30N2O8. The van der Waals surface area contributed by atoms with Crippen molar-refractivity contribution in [2.45, 2.75) is 63.3 Å². The highest BCUT2D eigenvalue weighted by molar-refractivity contribution is 5.73. The molecule has 2 fully saturated rings. The highest BCUT2D eigenvalue weighted by Gasteiger charge is 2.41. The summed E-state index contributed by atoms with van der Waals surface area (Å²) in [6.07, 6.45) is -4.41. The van der Waals surface area contributed by atoms with Crippen molar-refractivity contribution >= 4 is 12.1 Å². The average molecular weight is 390 g/mol. The van der Waals surface area contributed by atoms with Crippen LogP contribution in [0.1, 0.15) is 26.7 Å². The third-order valence-corrected chi connectivity index (χ3v) is 5.29. The number of carboxylic acid groups (broad SMARTS) is 1. The first-order chi connectivity index (χ1) is 12.7. The number of hydrogen-bond donors (Lipinski definition) is 4. The van der Waals surface area contributed by atoms with Gasteiger partial charge in [-0.1, -0.05) is 0 Å². The van der Waals surface area contributed by atoms with Gasteiger partial charge in [-0.25, -0.2) is 4.79 Å². The molecule has 0 aromatic rings. The lowest BCUT2D eigenvalue weighted by Crippen LogP contribution is -2.56. The number of ether oxygens (including phenoxy) is 2. The number of carbonyl (C=O) groups is 2. The zero-order chi connectivity index (χ0) is 20.1. The maximum absolute atomic E-state index is 12.1. The van der Waals surface area contributed by atoms with E-state index in [0.717, 1.165) is 0 Å². The van der Waals surface area contributed by atoms with Gasteiger partial charge in [0.25, 0.3) is 0 Å². The van der Waals surface area contributed by atoms with Gasteiger partial charge in [0, 0.05) is 26.2 Å². The number of rotatable bonds is 6. The van der Waals surface area contributed by atoms with E-state index in [4.69, 9.17) is 14.6 Å². The van der Waals surface area contributed by atoms with E-state index in [1.165, 1.54) is 0 Å². The van der Waals surface area contributed by atoms with Gasteiger partial charge in [-0.3, -0.25) is 9.69 Å². The summed E-state index contributed by atoms with van der Waals surface area (Å²) in [4.78, 5) is 26.4. The van der Waals surface area contributed by atoms with Crippen LogP contribution in [0.3, 0.4) is 0 Å². The standard InChI is InChI=1S/C17H30N2O8/c1-10(16(23)24)18-5-7-19(8-6-18)17(25)26-9-3-4-12-14(21)15(22)13(20)11(2)27-12/h10-15,20-22H,3-9H2,1-2H3,(H,23,24)/t10?,11?,12-,13?,14?,15?/m0/s1. The predicted octanol–water partition coefficient (Wildman–Crippen LogP) is -1.14. The molecule has 2 heterocycles. The number of aliphatic carboxylic acids is 1. The average Bonchev–Trinajstić information content (AvgIpc) is 2.66. The minimum atomic E-state index is -1.26. The first-order valence-corrected chi connectivity index (χ1v) is 9.30. The minimum absolute atomic E-state index is 0.143. The molecule has 0 aromatic heterocycles. The quantitative estimate of drug-likeness (QED) is 0.414. The van der Waals surface area contributed by atoms with E-state index < -0.39 is 48.6 Å². The van der Waals surface area contributed by atoms with Crippen molar-refractivity contribution in [3.8, 4) is 0 Å². The van der Waals surface area contributed by atoms with Crippen LogP contribution in [-0.4, -0.2) is 112 Å². The second-order valence-electron chi connectivity index (χ2n) is 7.15. The SMILES string of the molecule is CC1O[C@@H](CCCOC(=O)N2CCN(C(C)C(=O)O)CC2)C(O)C(O)C1O. The monoisotopic (exact) mass is 390 g/mol. The van der Waals surface area contributed by atoms with Gasteiger partial charge < -0.3 is 34.8 Å². The second kappa shape index (κ2) is 9.65. The molecule has 10 heteroatoms. The smallest absolute Gasteiger partial charge is 0.409 e. The fourth-order valence-corrected chi connectivity index (χ4v) is 3.36. The largest absolute Gasteiger partial charge is 0.480 e. The molecule has 0 aliphatic carbocycles. The van der Waals surface area contributed by atoms with Crippen LogP contribution < -0.4 is 0 Å². The molecular weight excluding hydrogens is 360 g/mol. The third kappa shape index (κ3) is 5.52. The lowest BCUT2D eigenvalue weighted by atomic mass is 9.93. The summed E-state index contributed by atoms with van der Waals surface area (Å²) in [7, 11) is 0. The van der Waals surface area contributed by atoms with E-state index in [1.54, 1.807) is 23.6 Å². The van der Waals surface area contributed by atoms with Crippen LogP contribution in [0.5, 0.6) is 0 Å². The molecule has 0 bridgehead atoms. The third-order valence-electron chi connectivity index (χ3n) is 5.29. The molecule has 2 aliphatic rings. The van der Waals surface area contributed by atoms with Gasteiger partial charge in [0.1, 0.15) is 24.4 Å². The zero-order valence-corrected chi connectivity index (χ0v) is 15.7. The Bertz CT molecular complexity index is 511. The first-order valence-electron chi connectivity index (χ1n) is 9.30. The van der Waals surface area contributed by atoms with E-state index in [1.807, 2.05) is 0 Å². The Morgan fingerprint density at radius 3 is 2.33 bits per heavy atom. The molecule has 5 unspecified atom stereocenters. The van der Waals surface area contributed by atoms with Gasteiger partial charge in [-0.2, -0.15) is 0 Å². The van der Waals surface area contributed by atoms with Crippen molar-refractivity contribution < 1.29 is 39.5 Å². The fraction of sp³-hybridized carbons (Fsp3) is 0.882. The summed E-state index contributed by atoms with van der Waals surface area (Å²) in [5.41, 5.74) is 0. The summed E-state index contributed by atoms with van der Waals surface area (Å²) in [6, 6.07) is -0.582. The van der Waals surface area contributed by atoms with Crippen molar-refractivity contribution in [2.75, 3.05) is 32.8 Å². The van der Waals surface area contributed by atoms with E-state index >= 15 is 0 Å². The molecule has 2 saturated heterocycles. The molecule has 1 amide bonds. The Hall–Kier alpha value is -1.46. The lowest BCUT2D eigenvalue weighted by molar-refractivity contribution is -0.218. The number of aliphatic hydroxyl groups excluding tert-OH is 3. The van der Waals surface area contributed by atoms with Gasteiger partial charge in [-0.05, 0) is 26.7 Å². The van der Waals surface area contributed by atoms with Crippen LogP contribution in [0.4, 0.5) is 4.79 Å². The van der Waals surface area contributed by atoms with Crippen LogP contribution >= 0.6 is 0 Å². The van der Waals surface area contributed by atoms with Gasteiger partial charge in [0.05, 0.1) is 18.8 Å². The van der Waals surface area contributed by atoms with Gasteiger partial charge in [0.2, 0.25) is 0 Å². The molecule has 27 heavy (non-hydrogen) atoms. The maximum Gasteiger partial charge on any atom is 0.409 e. The van der Waals surface area contributed by atoms with Crippen molar-refractivity contribution in [3.63, 3.8) is 0 Å². The van der Waals surface area contributed by atoms with Crippen molar-refractivity contribution in [2.24, 2.45) is 0 Å². The predicted molar refractivity (Wildman–Crippen MR) is 93.2 cm³/mol. The Morgan fingerprint density at radius 2 is 1.74 bits per heavy atom. The fourth-order valence-electron chi connectivity index (χ4n) is 3.36. The van der Waals surface area contributed by atoms with E-state index in [-0.39, 0.29) is 6.61 Å². The summed E-state index contributed by atoms with van der Waals surface area (Å²) >= 11 is 0. The highest BCUT2D eigenvalue weighted by Crippen LogP contribution is 2.23. The Morgan fingerprint density at radius 1 is 1.11 bits per heavy atom. The van der Waals surface area contributed by atoms with Crippen LogP contribution in [0.15, 0.2) is 0 Å². The number of nitrogens with zero attached hydrogens (tertiary/aromatic N) is 2. The second-order valence-corrected chi connectivity index (χ2v) is 7.15. The molecule has 2 rings (SSSR count). The summed E-state index contributed by atoms with van der Waals surface area (Å²) in [5, 5.41) is 38.4. The molecule has 4 N–H and O–H groups in total. The lowest BCUT2D eigenvalue weighted by Gasteiger charge is -2.39. The molecule has 6 atom stereocenters. The molecule has 0 radical (unpaired) electrons. The molecule has 0 spiro atoms. The minimum Gasteiger partial charge on any atom is -0.480 e. The number of carbonyl (C=O) groups excluding carboxylic acids is 1. The van der Waals surface area contributed by atoms with E-state index in [2.05, 4.69) is 0 Å². The van der Waals surface area contributed by atoms with Gasteiger partial charge in [-0.15, -0.1) is 0 Å². The van der Waals surface area contributed by atoms with Crippen molar-refractivity contribution in [3.05, 3.63) is 0 Å². The molecule has 156 valence electrons. The number of aliphatic hydroxyl groups is 3. The number of carboxylic acids is 1. The topological polar surface area (TPSA) is 140 Å². The Kier molecular flexibility index (Phi) is 7.80. The van der Waals surface area contributed by atoms with Gasteiger partial charge >= 0.3 is 12.1 Å². The summed E-state index contributed by atoms with van der Waals surface area (Å²) in [5.74, 6) is -0.884. The maximum atomic E-state index is 12.1. The first kappa shape index (κ1) is 21.8. The molecule has 0 aromatic carbocycles. The summed E-state index contributed by atoms with van der Waals surface area (Å²) in [6.45, 7) is 5.15. The number of hydrogen-bond acceptors (Lipinski definition) is 8. The number of amides is 1. The molecule has 10 nitrogen and oxygen atoms in total. The van der Waals surface area contributed by atoms with Crippen LogP contribution in [0, 0.1) is 0 Å². The highest BCUT2D eigenvalue weighted by atomic mass is 16.6. The van der Waals surface area contributed by atoms with Gasteiger partial charge in [0.15, 0.2) is 0 Å². The number of piperazine rings is 1. The van der Waals surface area contributed by atoms with E-state index in [9.17, 15) is 24.9 Å². The van der Waals surface area contributed by atoms with Crippen molar-refractivity contribution in [1.29, 1.82) is 0 Å². The van der Waals surface area contributed by atoms with Crippen LogP contribution in [0.25, 0.3) is 0 Å². The van der Waals surface area contributed by atoms with Crippen LogP contribution in [-0.2, 0) is 14.3 Å². The summed E-state index contributed by atoms with van der Waals surface area (Å²) < 4.78 is 10.7. The zero-order valence-electron chi connectivity index (χ0n) is 15.7. The Labute approximate surface area is 158 Å². The molecule has 0 saturated carbocycles. The normalized spacial score (nSPS) is 33.5.